The maximum atomic E-state index is 5.89. The number of fused-ring (bicyclic) bond motifs is 1. The number of imidazole rings is 1. The molecule has 0 aliphatic heterocycles. The number of aromatic amines is 1. The normalized spacial score (nSPS) is 11.1. The van der Waals surface area contributed by atoms with Crippen LogP contribution in [0.4, 0.5) is 0 Å². The van der Waals surface area contributed by atoms with E-state index in [0.29, 0.717) is 0 Å². The first kappa shape index (κ1) is 11.3. The third-order valence-electron chi connectivity index (χ3n) is 3.04. The van der Waals surface area contributed by atoms with E-state index < -0.39 is 0 Å². The molecule has 0 aliphatic rings. The second-order valence-corrected chi connectivity index (χ2v) is 5.01. The second-order valence-electron chi connectivity index (χ2n) is 4.57. The van der Waals surface area contributed by atoms with Gasteiger partial charge in [-0.15, -0.1) is 0 Å². The fraction of sp³-hybridized carbons (Fsp3) is 0.133. The topological polar surface area (TPSA) is 28.7 Å². The number of halogens is 1. The molecule has 0 saturated carbocycles. The van der Waals surface area contributed by atoms with Gasteiger partial charge in [0.1, 0.15) is 5.82 Å². The number of nitrogens with zero attached hydrogens (tertiary/aromatic N) is 1. The van der Waals surface area contributed by atoms with Crippen molar-refractivity contribution in [3.05, 3.63) is 52.5 Å². The molecule has 0 unspecified atom stereocenters. The lowest BCUT2D eigenvalue weighted by Gasteiger charge is -1.96. The van der Waals surface area contributed by atoms with Gasteiger partial charge in [-0.2, -0.15) is 0 Å². The lowest BCUT2D eigenvalue weighted by Crippen LogP contribution is -1.79. The molecule has 0 aliphatic carbocycles. The predicted octanol–water partition coefficient (Wildman–Crippen LogP) is 4.50. The quantitative estimate of drug-likeness (QED) is 0.682. The van der Waals surface area contributed by atoms with Gasteiger partial charge in [-0.25, -0.2) is 4.98 Å². The van der Waals surface area contributed by atoms with Gasteiger partial charge in [-0.1, -0.05) is 17.7 Å². The van der Waals surface area contributed by atoms with Gasteiger partial charge in [0.25, 0.3) is 0 Å². The molecular formula is C15H13ClN2. The molecule has 0 radical (unpaired) electrons. The highest BCUT2D eigenvalue weighted by molar-refractivity contribution is 6.30. The standard InChI is InChI=1S/C15H13ClN2/c1-9-7-10(2)14-13(8-9)17-15(18-14)11-3-5-12(16)6-4-11/h3-8H,1-2H3,(H,17,18). The van der Waals surface area contributed by atoms with Crippen LogP contribution in [0.3, 0.4) is 0 Å². The number of H-pyrrole nitrogens is 1. The molecule has 0 atom stereocenters. The van der Waals surface area contributed by atoms with Crippen molar-refractivity contribution < 1.29 is 0 Å². The first-order valence-electron chi connectivity index (χ1n) is 5.86. The molecule has 2 aromatic carbocycles. The molecule has 1 heterocycles. The van der Waals surface area contributed by atoms with E-state index in [0.717, 1.165) is 27.4 Å². The lowest BCUT2D eigenvalue weighted by molar-refractivity contribution is 1.33. The molecule has 0 fully saturated rings. The number of benzene rings is 2. The zero-order valence-electron chi connectivity index (χ0n) is 10.3. The van der Waals surface area contributed by atoms with Crippen molar-refractivity contribution in [3.63, 3.8) is 0 Å². The first-order chi connectivity index (χ1) is 8.63. The zero-order valence-corrected chi connectivity index (χ0v) is 11.0. The molecule has 1 N–H and O–H groups in total. The van der Waals surface area contributed by atoms with E-state index in [1.807, 2.05) is 24.3 Å². The molecule has 18 heavy (non-hydrogen) atoms. The minimum absolute atomic E-state index is 0.738. The molecule has 0 bridgehead atoms. The number of rotatable bonds is 1. The van der Waals surface area contributed by atoms with Crippen molar-refractivity contribution in [1.82, 2.24) is 9.97 Å². The Morgan fingerprint density at radius 2 is 1.78 bits per heavy atom. The van der Waals surface area contributed by atoms with Crippen LogP contribution in [0.5, 0.6) is 0 Å². The van der Waals surface area contributed by atoms with Crippen LogP contribution in [0.1, 0.15) is 11.1 Å². The van der Waals surface area contributed by atoms with Crippen LogP contribution >= 0.6 is 11.6 Å². The molecule has 3 heteroatoms. The summed E-state index contributed by atoms with van der Waals surface area (Å²) in [4.78, 5) is 8.01. The largest absolute Gasteiger partial charge is 0.338 e. The minimum atomic E-state index is 0.738. The number of aryl methyl sites for hydroxylation is 2. The van der Waals surface area contributed by atoms with E-state index in [1.165, 1.54) is 11.1 Å². The van der Waals surface area contributed by atoms with Crippen LogP contribution < -0.4 is 0 Å². The third kappa shape index (κ3) is 1.89. The van der Waals surface area contributed by atoms with Crippen LogP contribution in [0, 0.1) is 13.8 Å². The van der Waals surface area contributed by atoms with E-state index in [9.17, 15) is 0 Å². The molecule has 2 nitrogen and oxygen atoms in total. The fourth-order valence-electron chi connectivity index (χ4n) is 2.22. The number of hydrogen-bond donors (Lipinski definition) is 1. The van der Waals surface area contributed by atoms with Gasteiger partial charge in [0.05, 0.1) is 11.0 Å². The molecule has 3 aromatic rings. The van der Waals surface area contributed by atoms with Gasteiger partial charge in [-0.3, -0.25) is 0 Å². The van der Waals surface area contributed by atoms with Gasteiger partial charge >= 0.3 is 0 Å². The van der Waals surface area contributed by atoms with E-state index in [1.54, 1.807) is 0 Å². The average Bonchev–Trinajstić information content (AvgIpc) is 2.74. The molecule has 0 spiro atoms. The first-order valence-corrected chi connectivity index (χ1v) is 6.24. The van der Waals surface area contributed by atoms with Gasteiger partial charge in [-0.05, 0) is 55.3 Å². The Balaban J connectivity index is 2.19. The molecule has 90 valence electrons. The Morgan fingerprint density at radius 1 is 1.06 bits per heavy atom. The summed E-state index contributed by atoms with van der Waals surface area (Å²) < 4.78 is 0. The van der Waals surface area contributed by atoms with Crippen molar-refractivity contribution >= 4 is 22.6 Å². The SMILES string of the molecule is Cc1cc(C)c2nc(-c3ccc(Cl)cc3)[nH]c2c1. The lowest BCUT2D eigenvalue weighted by atomic mass is 10.1. The summed E-state index contributed by atoms with van der Waals surface area (Å²) in [7, 11) is 0. The van der Waals surface area contributed by atoms with Crippen molar-refractivity contribution in [2.24, 2.45) is 0 Å². The van der Waals surface area contributed by atoms with Crippen LogP contribution in [-0.2, 0) is 0 Å². The molecule has 1 aromatic heterocycles. The average molecular weight is 257 g/mol. The highest BCUT2D eigenvalue weighted by atomic mass is 35.5. The minimum Gasteiger partial charge on any atom is -0.338 e. The monoisotopic (exact) mass is 256 g/mol. The van der Waals surface area contributed by atoms with Crippen molar-refractivity contribution in [1.29, 1.82) is 0 Å². The van der Waals surface area contributed by atoms with Crippen molar-refractivity contribution in [2.45, 2.75) is 13.8 Å². The van der Waals surface area contributed by atoms with Crippen molar-refractivity contribution in [2.75, 3.05) is 0 Å². The van der Waals surface area contributed by atoms with E-state index >= 15 is 0 Å². The number of aromatic nitrogens is 2. The summed E-state index contributed by atoms with van der Waals surface area (Å²) in [5.41, 5.74) is 5.60. The van der Waals surface area contributed by atoms with Crippen LogP contribution in [0.15, 0.2) is 36.4 Å². The maximum absolute atomic E-state index is 5.89. The summed E-state index contributed by atoms with van der Waals surface area (Å²) in [5, 5.41) is 0.738. The predicted molar refractivity (Wildman–Crippen MR) is 76.0 cm³/mol. The Morgan fingerprint density at radius 3 is 2.50 bits per heavy atom. The molecular weight excluding hydrogens is 244 g/mol. The molecule has 0 amide bonds. The van der Waals surface area contributed by atoms with Gasteiger partial charge in [0, 0.05) is 10.6 Å². The van der Waals surface area contributed by atoms with Crippen LogP contribution in [0.2, 0.25) is 5.02 Å². The Kier molecular flexibility index (Phi) is 2.60. The van der Waals surface area contributed by atoms with Gasteiger partial charge in [0.2, 0.25) is 0 Å². The molecule has 0 saturated heterocycles. The highest BCUT2D eigenvalue weighted by Crippen LogP contribution is 2.24. The second kappa shape index (κ2) is 4.14. The van der Waals surface area contributed by atoms with Gasteiger partial charge < -0.3 is 4.98 Å². The summed E-state index contributed by atoms with van der Waals surface area (Å²) >= 11 is 5.89. The summed E-state index contributed by atoms with van der Waals surface area (Å²) in [6, 6.07) is 12.0. The fourth-order valence-corrected chi connectivity index (χ4v) is 2.34. The van der Waals surface area contributed by atoms with Crippen LogP contribution in [0.25, 0.3) is 22.4 Å². The number of nitrogens with one attached hydrogen (secondary N) is 1. The smallest absolute Gasteiger partial charge is 0.138 e. The van der Waals surface area contributed by atoms with E-state index in [-0.39, 0.29) is 0 Å². The summed E-state index contributed by atoms with van der Waals surface area (Å²) in [6.07, 6.45) is 0. The summed E-state index contributed by atoms with van der Waals surface area (Å²) in [6.45, 7) is 4.18. The Hall–Kier alpha value is -1.80. The zero-order chi connectivity index (χ0) is 12.7. The Bertz CT molecular complexity index is 711. The van der Waals surface area contributed by atoms with Gasteiger partial charge in [0.15, 0.2) is 0 Å². The van der Waals surface area contributed by atoms with E-state index in [4.69, 9.17) is 11.6 Å². The number of hydrogen-bond acceptors (Lipinski definition) is 1. The van der Waals surface area contributed by atoms with Crippen LogP contribution in [-0.4, -0.2) is 9.97 Å². The summed E-state index contributed by atoms with van der Waals surface area (Å²) in [5.74, 6) is 0.885. The highest BCUT2D eigenvalue weighted by Gasteiger charge is 2.07. The Labute approximate surface area is 111 Å². The molecule has 3 rings (SSSR count). The van der Waals surface area contributed by atoms with Crippen molar-refractivity contribution in [3.8, 4) is 11.4 Å². The third-order valence-corrected chi connectivity index (χ3v) is 3.29. The van der Waals surface area contributed by atoms with E-state index in [2.05, 4.69) is 35.9 Å². The maximum Gasteiger partial charge on any atom is 0.138 e.